The predicted octanol–water partition coefficient (Wildman–Crippen LogP) is 3.97. The molecule has 0 atom stereocenters. The second-order valence-corrected chi connectivity index (χ2v) is 5.36. The van der Waals surface area contributed by atoms with Crippen LogP contribution in [-0.2, 0) is 6.54 Å². The maximum absolute atomic E-state index is 12.7. The van der Waals surface area contributed by atoms with Crippen LogP contribution < -0.4 is 5.73 Å². The Kier molecular flexibility index (Phi) is 5.23. The van der Waals surface area contributed by atoms with Crippen LogP contribution in [-0.4, -0.2) is 17.4 Å². The lowest BCUT2D eigenvalue weighted by Gasteiger charge is -2.23. The minimum absolute atomic E-state index is 0.0510. The summed E-state index contributed by atoms with van der Waals surface area (Å²) in [5.74, 6) is -0.0510. The third kappa shape index (κ3) is 3.99. The molecule has 2 rings (SSSR count). The molecule has 0 fully saturated rings. The zero-order valence-electron chi connectivity index (χ0n) is 12.1. The number of halogens is 1. The highest BCUT2D eigenvalue weighted by molar-refractivity contribution is 6.33. The van der Waals surface area contributed by atoms with E-state index < -0.39 is 0 Å². The number of nitrogens with zero attached hydrogens (tertiary/aromatic N) is 1. The fraction of sp³-hybridized carbons (Fsp3) is 0.235. The van der Waals surface area contributed by atoms with E-state index in [1.807, 2.05) is 43.3 Å². The van der Waals surface area contributed by atoms with E-state index in [1.54, 1.807) is 17.0 Å². The Morgan fingerprint density at radius 3 is 2.62 bits per heavy atom. The summed E-state index contributed by atoms with van der Waals surface area (Å²) < 4.78 is 0. The normalized spacial score (nSPS) is 10.4. The first kappa shape index (κ1) is 15.4. The molecule has 0 aromatic heterocycles. The summed E-state index contributed by atoms with van der Waals surface area (Å²) in [6.07, 6.45) is 0.887. The van der Waals surface area contributed by atoms with E-state index in [-0.39, 0.29) is 5.91 Å². The maximum Gasteiger partial charge on any atom is 0.255 e. The Morgan fingerprint density at radius 2 is 1.95 bits per heavy atom. The van der Waals surface area contributed by atoms with Gasteiger partial charge < -0.3 is 10.6 Å². The molecule has 0 aliphatic carbocycles. The van der Waals surface area contributed by atoms with Crippen molar-refractivity contribution in [2.45, 2.75) is 19.9 Å². The fourth-order valence-electron chi connectivity index (χ4n) is 2.24. The molecule has 2 N–H and O–H groups in total. The highest BCUT2D eigenvalue weighted by Gasteiger charge is 2.17. The van der Waals surface area contributed by atoms with Gasteiger partial charge in [-0.3, -0.25) is 4.79 Å². The number of carbonyl (C=O) groups excluding carboxylic acids is 1. The van der Waals surface area contributed by atoms with E-state index >= 15 is 0 Å². The third-order valence-electron chi connectivity index (χ3n) is 3.21. The Morgan fingerprint density at radius 1 is 1.19 bits per heavy atom. The van der Waals surface area contributed by atoms with E-state index in [4.69, 9.17) is 17.3 Å². The van der Waals surface area contributed by atoms with E-state index in [9.17, 15) is 4.79 Å². The van der Waals surface area contributed by atoms with Crippen molar-refractivity contribution in [1.29, 1.82) is 0 Å². The molecule has 2 aromatic carbocycles. The van der Waals surface area contributed by atoms with E-state index in [2.05, 4.69) is 0 Å². The molecule has 0 heterocycles. The summed E-state index contributed by atoms with van der Waals surface area (Å²) in [4.78, 5) is 14.5. The van der Waals surface area contributed by atoms with Crippen molar-refractivity contribution in [2.24, 2.45) is 0 Å². The van der Waals surface area contributed by atoms with Crippen molar-refractivity contribution in [1.82, 2.24) is 4.90 Å². The predicted molar refractivity (Wildman–Crippen MR) is 87.3 cm³/mol. The number of hydrogen-bond donors (Lipinski definition) is 1. The van der Waals surface area contributed by atoms with Crippen LogP contribution in [0.4, 0.5) is 5.69 Å². The van der Waals surface area contributed by atoms with Gasteiger partial charge in [-0.1, -0.05) is 42.8 Å². The van der Waals surface area contributed by atoms with Gasteiger partial charge in [0.05, 0.1) is 10.6 Å². The average Bonchev–Trinajstić information content (AvgIpc) is 2.47. The van der Waals surface area contributed by atoms with Gasteiger partial charge in [0.25, 0.3) is 5.91 Å². The van der Waals surface area contributed by atoms with Gasteiger partial charge in [-0.05, 0) is 36.2 Å². The molecule has 110 valence electrons. The fourth-order valence-corrected chi connectivity index (χ4v) is 2.46. The number of hydrogen-bond acceptors (Lipinski definition) is 2. The zero-order chi connectivity index (χ0) is 15.2. The summed E-state index contributed by atoms with van der Waals surface area (Å²) in [6, 6.07) is 14.7. The molecule has 0 radical (unpaired) electrons. The first-order chi connectivity index (χ1) is 10.1. The summed E-state index contributed by atoms with van der Waals surface area (Å²) in [5, 5.41) is 0.483. The number of anilines is 1. The van der Waals surface area contributed by atoms with E-state index in [0.717, 1.165) is 12.0 Å². The van der Waals surface area contributed by atoms with Gasteiger partial charge in [0.2, 0.25) is 0 Å². The molecule has 0 aliphatic heterocycles. The van der Waals surface area contributed by atoms with Crippen molar-refractivity contribution in [3.05, 3.63) is 64.7 Å². The molecule has 4 heteroatoms. The molecular formula is C17H19ClN2O. The molecule has 0 spiro atoms. The van der Waals surface area contributed by atoms with Crippen LogP contribution in [0.1, 0.15) is 29.3 Å². The Bertz CT molecular complexity index is 628. The summed E-state index contributed by atoms with van der Waals surface area (Å²) in [6.45, 7) is 3.26. The van der Waals surface area contributed by atoms with Crippen LogP contribution in [0.25, 0.3) is 0 Å². The summed E-state index contributed by atoms with van der Waals surface area (Å²) in [5.41, 5.74) is 8.05. The Balaban J connectivity index is 2.22. The standard InChI is InChI=1S/C17H19ClN2O/c1-2-10-20(12-13-6-5-7-14(19)11-13)17(21)15-8-3-4-9-16(15)18/h3-9,11H,2,10,12,19H2,1H3. The maximum atomic E-state index is 12.7. The SMILES string of the molecule is CCCN(Cc1cccc(N)c1)C(=O)c1ccccc1Cl. The number of benzene rings is 2. The number of nitrogen functional groups attached to an aromatic ring is 1. The average molecular weight is 303 g/mol. The van der Waals surface area contributed by atoms with Crippen LogP contribution in [0, 0.1) is 0 Å². The monoisotopic (exact) mass is 302 g/mol. The molecule has 0 aliphatic rings. The zero-order valence-corrected chi connectivity index (χ0v) is 12.8. The van der Waals surface area contributed by atoms with Crippen LogP contribution in [0.15, 0.2) is 48.5 Å². The number of rotatable bonds is 5. The highest BCUT2D eigenvalue weighted by atomic mass is 35.5. The van der Waals surface area contributed by atoms with Gasteiger partial charge in [-0.15, -0.1) is 0 Å². The molecule has 21 heavy (non-hydrogen) atoms. The highest BCUT2D eigenvalue weighted by Crippen LogP contribution is 2.19. The second-order valence-electron chi connectivity index (χ2n) is 4.95. The lowest BCUT2D eigenvalue weighted by atomic mass is 10.1. The first-order valence-electron chi connectivity index (χ1n) is 7.00. The summed E-state index contributed by atoms with van der Waals surface area (Å²) >= 11 is 6.12. The third-order valence-corrected chi connectivity index (χ3v) is 3.54. The lowest BCUT2D eigenvalue weighted by Crippen LogP contribution is -2.31. The number of amides is 1. The van der Waals surface area contributed by atoms with Gasteiger partial charge in [-0.25, -0.2) is 0 Å². The van der Waals surface area contributed by atoms with E-state index in [1.165, 1.54) is 0 Å². The van der Waals surface area contributed by atoms with Gasteiger partial charge in [0, 0.05) is 18.8 Å². The molecule has 0 saturated heterocycles. The second kappa shape index (κ2) is 7.14. The van der Waals surface area contributed by atoms with E-state index in [0.29, 0.717) is 29.4 Å². The van der Waals surface area contributed by atoms with Crippen LogP contribution in [0.3, 0.4) is 0 Å². The Hall–Kier alpha value is -2.00. The van der Waals surface area contributed by atoms with Gasteiger partial charge >= 0.3 is 0 Å². The quantitative estimate of drug-likeness (QED) is 0.849. The van der Waals surface area contributed by atoms with Crippen LogP contribution >= 0.6 is 11.6 Å². The topological polar surface area (TPSA) is 46.3 Å². The largest absolute Gasteiger partial charge is 0.399 e. The minimum atomic E-state index is -0.0510. The molecule has 0 unspecified atom stereocenters. The molecular weight excluding hydrogens is 284 g/mol. The lowest BCUT2D eigenvalue weighted by molar-refractivity contribution is 0.0743. The van der Waals surface area contributed by atoms with Gasteiger partial charge in [0.1, 0.15) is 0 Å². The molecule has 3 nitrogen and oxygen atoms in total. The first-order valence-corrected chi connectivity index (χ1v) is 7.38. The molecule has 2 aromatic rings. The van der Waals surface area contributed by atoms with Gasteiger partial charge in [-0.2, -0.15) is 0 Å². The van der Waals surface area contributed by atoms with Gasteiger partial charge in [0.15, 0.2) is 0 Å². The number of nitrogens with two attached hydrogens (primary N) is 1. The molecule has 0 saturated carbocycles. The van der Waals surface area contributed by atoms with Crippen LogP contribution in [0.2, 0.25) is 5.02 Å². The van der Waals surface area contributed by atoms with Crippen molar-refractivity contribution in [3.63, 3.8) is 0 Å². The van der Waals surface area contributed by atoms with Crippen molar-refractivity contribution in [2.75, 3.05) is 12.3 Å². The Labute approximate surface area is 130 Å². The smallest absolute Gasteiger partial charge is 0.255 e. The van der Waals surface area contributed by atoms with Crippen LogP contribution in [0.5, 0.6) is 0 Å². The summed E-state index contributed by atoms with van der Waals surface area (Å²) in [7, 11) is 0. The minimum Gasteiger partial charge on any atom is -0.399 e. The van der Waals surface area contributed by atoms with Crippen molar-refractivity contribution in [3.8, 4) is 0 Å². The van der Waals surface area contributed by atoms with Crippen molar-refractivity contribution < 1.29 is 4.79 Å². The molecule has 1 amide bonds. The van der Waals surface area contributed by atoms with Crippen molar-refractivity contribution >= 4 is 23.2 Å². The molecule has 0 bridgehead atoms. The number of carbonyl (C=O) groups is 1.